The van der Waals surface area contributed by atoms with Crippen LogP contribution in [0.25, 0.3) is 0 Å². The maximum Gasteiger partial charge on any atom is 0.311 e. The maximum atomic E-state index is 12.9. The zero-order valence-electron chi connectivity index (χ0n) is 16.2. The van der Waals surface area contributed by atoms with Crippen molar-refractivity contribution < 1.29 is 19.5 Å². The summed E-state index contributed by atoms with van der Waals surface area (Å²) in [6.07, 6.45) is 6.71. The van der Waals surface area contributed by atoms with E-state index < -0.39 is 11.4 Å². The van der Waals surface area contributed by atoms with Crippen LogP contribution in [0.3, 0.4) is 0 Å². The molecule has 2 amide bonds. The van der Waals surface area contributed by atoms with E-state index in [4.69, 9.17) is 0 Å². The minimum atomic E-state index is -0.765. The number of likely N-dealkylation sites (tertiary alicyclic amines) is 1. The highest BCUT2D eigenvalue weighted by Gasteiger charge is 2.55. The standard InChI is InChI=1S/C22H28N2O4/c25-19(16-4-1-2-5-16)23-12-15-7-9-17(10-8-15)20(26)24-13-18-6-3-11-22(18,14-24)21(27)28/h7-10,16,18H,1-6,11-14H2,(H,23,25)(H,27,28)/t18-,22+/m0/s1. The minimum Gasteiger partial charge on any atom is -0.481 e. The molecule has 2 N–H and O–H groups in total. The lowest BCUT2D eigenvalue weighted by Gasteiger charge is -2.23. The second kappa shape index (κ2) is 7.57. The molecule has 1 aromatic rings. The lowest BCUT2D eigenvalue weighted by Crippen LogP contribution is -2.37. The van der Waals surface area contributed by atoms with Crippen molar-refractivity contribution in [3.8, 4) is 0 Å². The molecule has 1 aliphatic heterocycles. The molecule has 2 saturated carbocycles. The molecule has 2 aliphatic carbocycles. The van der Waals surface area contributed by atoms with Gasteiger partial charge in [0.2, 0.25) is 5.91 Å². The van der Waals surface area contributed by atoms with Crippen LogP contribution in [0.2, 0.25) is 0 Å². The molecule has 0 spiro atoms. The highest BCUT2D eigenvalue weighted by atomic mass is 16.4. The van der Waals surface area contributed by atoms with Crippen molar-refractivity contribution in [2.24, 2.45) is 17.3 Å². The van der Waals surface area contributed by atoms with Gasteiger partial charge < -0.3 is 15.3 Å². The quantitative estimate of drug-likeness (QED) is 0.817. The molecule has 0 bridgehead atoms. The second-order valence-corrected chi connectivity index (χ2v) is 8.63. The summed E-state index contributed by atoms with van der Waals surface area (Å²) in [4.78, 5) is 38.5. The number of amides is 2. The largest absolute Gasteiger partial charge is 0.481 e. The zero-order valence-corrected chi connectivity index (χ0v) is 16.2. The molecule has 0 aromatic heterocycles. The predicted molar refractivity (Wildman–Crippen MR) is 104 cm³/mol. The van der Waals surface area contributed by atoms with E-state index in [0.29, 0.717) is 31.6 Å². The highest BCUT2D eigenvalue weighted by Crippen LogP contribution is 2.49. The number of hydrogen-bond acceptors (Lipinski definition) is 3. The Balaban J connectivity index is 1.35. The highest BCUT2D eigenvalue weighted by molar-refractivity contribution is 5.95. The van der Waals surface area contributed by atoms with Gasteiger partial charge in [0.15, 0.2) is 0 Å². The van der Waals surface area contributed by atoms with E-state index in [1.165, 1.54) is 0 Å². The normalized spacial score (nSPS) is 27.0. The third kappa shape index (κ3) is 3.40. The van der Waals surface area contributed by atoms with Gasteiger partial charge in [0.05, 0.1) is 5.41 Å². The van der Waals surface area contributed by atoms with Gasteiger partial charge in [-0.1, -0.05) is 31.4 Å². The molecule has 2 atom stereocenters. The van der Waals surface area contributed by atoms with Gasteiger partial charge in [-0.15, -0.1) is 0 Å². The van der Waals surface area contributed by atoms with Crippen molar-refractivity contribution in [3.63, 3.8) is 0 Å². The third-order valence-electron chi connectivity index (χ3n) is 6.98. The summed E-state index contributed by atoms with van der Waals surface area (Å²) in [6, 6.07) is 7.29. The van der Waals surface area contributed by atoms with E-state index in [0.717, 1.165) is 44.1 Å². The van der Waals surface area contributed by atoms with Gasteiger partial charge in [-0.3, -0.25) is 14.4 Å². The number of carbonyl (C=O) groups is 3. The van der Waals surface area contributed by atoms with Crippen molar-refractivity contribution in [3.05, 3.63) is 35.4 Å². The number of nitrogens with one attached hydrogen (secondary N) is 1. The van der Waals surface area contributed by atoms with Crippen molar-refractivity contribution in [1.82, 2.24) is 10.2 Å². The van der Waals surface area contributed by atoms with E-state index in [1.54, 1.807) is 17.0 Å². The van der Waals surface area contributed by atoms with Gasteiger partial charge >= 0.3 is 5.97 Å². The summed E-state index contributed by atoms with van der Waals surface area (Å²) in [5.41, 5.74) is 0.787. The summed E-state index contributed by atoms with van der Waals surface area (Å²) in [5.74, 6) is -0.522. The lowest BCUT2D eigenvalue weighted by molar-refractivity contribution is -0.149. The van der Waals surface area contributed by atoms with Gasteiger partial charge in [0, 0.05) is 31.1 Å². The molecule has 28 heavy (non-hydrogen) atoms. The molecule has 3 fully saturated rings. The Labute approximate surface area is 165 Å². The monoisotopic (exact) mass is 384 g/mol. The topological polar surface area (TPSA) is 86.7 Å². The van der Waals surface area contributed by atoms with Gasteiger partial charge in [0.1, 0.15) is 0 Å². The molecule has 0 radical (unpaired) electrons. The smallest absolute Gasteiger partial charge is 0.311 e. The zero-order chi connectivity index (χ0) is 19.7. The van der Waals surface area contributed by atoms with Crippen LogP contribution >= 0.6 is 0 Å². The SMILES string of the molecule is O=C(NCc1ccc(C(=O)N2C[C@@H]3CCC[C@@]3(C(=O)O)C2)cc1)C1CCCC1. The van der Waals surface area contributed by atoms with Gasteiger partial charge in [0.25, 0.3) is 5.91 Å². The Morgan fingerprint density at radius 2 is 1.79 bits per heavy atom. The van der Waals surface area contributed by atoms with Gasteiger partial charge in [-0.05, 0) is 49.3 Å². The fourth-order valence-electron chi connectivity index (χ4n) is 5.26. The van der Waals surface area contributed by atoms with Crippen molar-refractivity contribution in [1.29, 1.82) is 0 Å². The van der Waals surface area contributed by atoms with Crippen LogP contribution in [0.1, 0.15) is 60.9 Å². The molecule has 1 heterocycles. The first kappa shape index (κ1) is 19.0. The van der Waals surface area contributed by atoms with Crippen LogP contribution in [0.5, 0.6) is 0 Å². The van der Waals surface area contributed by atoms with E-state index in [9.17, 15) is 19.5 Å². The van der Waals surface area contributed by atoms with Crippen molar-refractivity contribution in [2.75, 3.05) is 13.1 Å². The summed E-state index contributed by atoms with van der Waals surface area (Å²) in [7, 11) is 0. The first-order valence-electron chi connectivity index (χ1n) is 10.4. The van der Waals surface area contributed by atoms with E-state index >= 15 is 0 Å². The number of carbonyl (C=O) groups excluding carboxylic acids is 2. The number of fused-ring (bicyclic) bond motifs is 1. The fourth-order valence-corrected chi connectivity index (χ4v) is 5.26. The molecule has 6 nitrogen and oxygen atoms in total. The van der Waals surface area contributed by atoms with Crippen LogP contribution < -0.4 is 5.32 Å². The van der Waals surface area contributed by atoms with Gasteiger partial charge in [-0.2, -0.15) is 0 Å². The van der Waals surface area contributed by atoms with Crippen molar-refractivity contribution >= 4 is 17.8 Å². The van der Waals surface area contributed by atoms with Crippen LogP contribution in [0.4, 0.5) is 0 Å². The third-order valence-corrected chi connectivity index (χ3v) is 6.98. The Bertz CT molecular complexity index is 769. The maximum absolute atomic E-state index is 12.9. The fraction of sp³-hybridized carbons (Fsp3) is 0.591. The molecular formula is C22H28N2O4. The van der Waals surface area contributed by atoms with E-state index in [2.05, 4.69) is 5.32 Å². The molecule has 3 aliphatic rings. The summed E-state index contributed by atoms with van der Waals surface area (Å²) < 4.78 is 0. The van der Waals surface area contributed by atoms with Gasteiger partial charge in [-0.25, -0.2) is 0 Å². The summed E-state index contributed by atoms with van der Waals surface area (Å²) >= 11 is 0. The van der Waals surface area contributed by atoms with Crippen LogP contribution in [0, 0.1) is 17.3 Å². The first-order chi connectivity index (χ1) is 13.5. The average molecular weight is 384 g/mol. The van der Waals surface area contributed by atoms with Crippen LogP contribution in [-0.4, -0.2) is 40.9 Å². The molecular weight excluding hydrogens is 356 g/mol. The van der Waals surface area contributed by atoms with Crippen LogP contribution in [0.15, 0.2) is 24.3 Å². The molecule has 1 saturated heterocycles. The first-order valence-corrected chi connectivity index (χ1v) is 10.4. The predicted octanol–water partition coefficient (Wildman–Crippen LogP) is 2.82. The Kier molecular flexibility index (Phi) is 5.13. The van der Waals surface area contributed by atoms with E-state index in [-0.39, 0.29) is 23.7 Å². The van der Waals surface area contributed by atoms with Crippen LogP contribution in [-0.2, 0) is 16.1 Å². The Morgan fingerprint density at radius 1 is 1.07 bits per heavy atom. The van der Waals surface area contributed by atoms with E-state index in [1.807, 2.05) is 12.1 Å². The molecule has 6 heteroatoms. The van der Waals surface area contributed by atoms with Crippen molar-refractivity contribution in [2.45, 2.75) is 51.5 Å². The molecule has 1 aromatic carbocycles. The number of carboxylic acids is 1. The average Bonchev–Trinajstić information content (AvgIpc) is 3.41. The Hall–Kier alpha value is -2.37. The Morgan fingerprint density at radius 3 is 2.43 bits per heavy atom. The number of rotatable bonds is 5. The number of nitrogens with zero attached hydrogens (tertiary/aromatic N) is 1. The number of hydrogen-bond donors (Lipinski definition) is 2. The summed E-state index contributed by atoms with van der Waals surface area (Å²) in [6.45, 7) is 1.31. The second-order valence-electron chi connectivity index (χ2n) is 8.63. The lowest BCUT2D eigenvalue weighted by atomic mass is 9.81. The molecule has 0 unspecified atom stereocenters. The summed E-state index contributed by atoms with van der Waals surface area (Å²) in [5, 5.41) is 12.7. The number of benzene rings is 1. The minimum absolute atomic E-state index is 0.0685. The molecule has 150 valence electrons. The number of carboxylic acid groups (broad SMARTS) is 1. The number of aliphatic carboxylic acids is 1. The molecule has 4 rings (SSSR count).